The van der Waals surface area contributed by atoms with E-state index in [0.29, 0.717) is 6.17 Å². The quantitative estimate of drug-likeness (QED) is 0.799. The molecule has 1 aliphatic rings. The summed E-state index contributed by atoms with van der Waals surface area (Å²) in [6.07, 6.45) is 0.344. The van der Waals surface area contributed by atoms with Crippen molar-refractivity contribution in [2.45, 2.75) is 40.0 Å². The van der Waals surface area contributed by atoms with Crippen LogP contribution in [0.4, 0.5) is 0 Å². The lowest BCUT2D eigenvalue weighted by Gasteiger charge is -2.32. The van der Waals surface area contributed by atoms with Crippen LogP contribution in [0.5, 0.6) is 5.75 Å². The summed E-state index contributed by atoms with van der Waals surface area (Å²) in [5, 5.41) is 0. The van der Waals surface area contributed by atoms with E-state index in [2.05, 4.69) is 79.1 Å². The standard InChI is InChI=1S/C21H26N2O/c1-16-17(2)23(15-20-11-8-12-21(13-20)24-4)18(3)22(16)14-19-9-6-5-7-10-19/h5-13,18H,14-15H2,1-4H3. The van der Waals surface area contributed by atoms with Crippen molar-refractivity contribution in [3.8, 4) is 5.75 Å². The van der Waals surface area contributed by atoms with Gasteiger partial charge in [-0.2, -0.15) is 0 Å². The van der Waals surface area contributed by atoms with E-state index in [9.17, 15) is 0 Å². The first kappa shape index (κ1) is 16.4. The fourth-order valence-corrected chi connectivity index (χ4v) is 3.39. The number of benzene rings is 2. The monoisotopic (exact) mass is 322 g/mol. The average Bonchev–Trinajstić information content (AvgIpc) is 2.81. The van der Waals surface area contributed by atoms with E-state index in [1.54, 1.807) is 7.11 Å². The molecule has 3 rings (SSSR count). The van der Waals surface area contributed by atoms with Crippen molar-refractivity contribution < 1.29 is 4.74 Å². The lowest BCUT2D eigenvalue weighted by atomic mass is 10.2. The Labute approximate surface area is 145 Å². The predicted molar refractivity (Wildman–Crippen MR) is 98.4 cm³/mol. The Morgan fingerprint density at radius 3 is 2.04 bits per heavy atom. The normalized spacial score (nSPS) is 17.6. The van der Waals surface area contributed by atoms with Crippen molar-refractivity contribution in [1.29, 1.82) is 0 Å². The van der Waals surface area contributed by atoms with E-state index in [4.69, 9.17) is 4.74 Å². The van der Waals surface area contributed by atoms with Crippen molar-refractivity contribution >= 4 is 0 Å². The van der Waals surface area contributed by atoms with Gasteiger partial charge in [-0.3, -0.25) is 0 Å². The Bertz CT molecular complexity index is 724. The van der Waals surface area contributed by atoms with Gasteiger partial charge in [0.25, 0.3) is 0 Å². The van der Waals surface area contributed by atoms with Crippen LogP contribution in [0.2, 0.25) is 0 Å². The Morgan fingerprint density at radius 1 is 0.833 bits per heavy atom. The Hall–Kier alpha value is -2.42. The molecule has 0 amide bonds. The summed E-state index contributed by atoms with van der Waals surface area (Å²) >= 11 is 0. The van der Waals surface area contributed by atoms with E-state index >= 15 is 0 Å². The maximum absolute atomic E-state index is 5.35. The molecule has 0 N–H and O–H groups in total. The number of hydrogen-bond acceptors (Lipinski definition) is 3. The van der Waals surface area contributed by atoms with E-state index in [-0.39, 0.29) is 0 Å². The Morgan fingerprint density at radius 2 is 1.42 bits per heavy atom. The summed E-state index contributed by atoms with van der Waals surface area (Å²) in [4.78, 5) is 4.94. The summed E-state index contributed by atoms with van der Waals surface area (Å²) in [5.74, 6) is 0.916. The van der Waals surface area contributed by atoms with Crippen molar-refractivity contribution in [1.82, 2.24) is 9.80 Å². The topological polar surface area (TPSA) is 15.7 Å². The van der Waals surface area contributed by atoms with Gasteiger partial charge in [0.1, 0.15) is 5.75 Å². The molecule has 2 aromatic rings. The zero-order chi connectivity index (χ0) is 17.1. The largest absolute Gasteiger partial charge is 0.497 e. The molecule has 1 heterocycles. The van der Waals surface area contributed by atoms with E-state index in [1.165, 1.54) is 22.5 Å². The zero-order valence-corrected chi connectivity index (χ0v) is 15.0. The molecule has 0 fully saturated rings. The number of methoxy groups -OCH3 is 1. The average molecular weight is 322 g/mol. The Balaban J connectivity index is 1.77. The number of ether oxygens (including phenoxy) is 1. The molecule has 126 valence electrons. The van der Waals surface area contributed by atoms with Crippen LogP contribution < -0.4 is 4.74 Å². The highest BCUT2D eigenvalue weighted by atomic mass is 16.5. The molecule has 0 saturated heterocycles. The molecule has 1 atom stereocenters. The van der Waals surface area contributed by atoms with Crippen LogP contribution in [-0.4, -0.2) is 23.1 Å². The van der Waals surface area contributed by atoms with E-state index in [1.807, 2.05) is 6.07 Å². The van der Waals surface area contributed by atoms with Crippen molar-refractivity contribution in [3.05, 3.63) is 77.1 Å². The molecule has 1 unspecified atom stereocenters. The van der Waals surface area contributed by atoms with Gasteiger partial charge in [0.15, 0.2) is 0 Å². The highest BCUT2D eigenvalue weighted by Crippen LogP contribution is 2.32. The molecule has 0 spiro atoms. The summed E-state index contributed by atoms with van der Waals surface area (Å²) in [6.45, 7) is 8.56. The highest BCUT2D eigenvalue weighted by Gasteiger charge is 2.30. The predicted octanol–water partition coefficient (Wildman–Crippen LogP) is 4.61. The molecule has 1 aliphatic heterocycles. The van der Waals surface area contributed by atoms with Crippen LogP contribution in [0, 0.1) is 0 Å². The van der Waals surface area contributed by atoms with Gasteiger partial charge < -0.3 is 14.5 Å². The smallest absolute Gasteiger partial charge is 0.119 e. The fourth-order valence-electron chi connectivity index (χ4n) is 3.39. The second-order valence-corrected chi connectivity index (χ2v) is 6.40. The minimum atomic E-state index is 0.344. The molecule has 0 radical (unpaired) electrons. The van der Waals surface area contributed by atoms with Crippen LogP contribution in [0.3, 0.4) is 0 Å². The number of rotatable bonds is 5. The highest BCUT2D eigenvalue weighted by molar-refractivity contribution is 5.30. The summed E-state index contributed by atoms with van der Waals surface area (Å²) in [7, 11) is 1.72. The molecule has 0 saturated carbocycles. The second-order valence-electron chi connectivity index (χ2n) is 6.40. The van der Waals surface area contributed by atoms with Crippen molar-refractivity contribution in [3.63, 3.8) is 0 Å². The summed E-state index contributed by atoms with van der Waals surface area (Å²) in [6, 6.07) is 19.0. The first-order valence-corrected chi connectivity index (χ1v) is 8.47. The van der Waals surface area contributed by atoms with Gasteiger partial charge in [-0.05, 0) is 44.0 Å². The summed E-state index contributed by atoms with van der Waals surface area (Å²) in [5.41, 5.74) is 5.32. The van der Waals surface area contributed by atoms with E-state index < -0.39 is 0 Å². The maximum Gasteiger partial charge on any atom is 0.119 e. The number of allylic oxidation sites excluding steroid dienone is 2. The molecule has 3 heteroatoms. The van der Waals surface area contributed by atoms with Crippen LogP contribution in [0.1, 0.15) is 31.9 Å². The SMILES string of the molecule is COc1cccc(CN2C(C)=C(C)N(Cc3ccccc3)C2C)c1. The van der Waals surface area contributed by atoms with Crippen molar-refractivity contribution in [2.75, 3.05) is 7.11 Å². The maximum atomic E-state index is 5.35. The van der Waals surface area contributed by atoms with Gasteiger partial charge in [-0.1, -0.05) is 42.5 Å². The molecular formula is C21H26N2O. The third-order valence-corrected chi connectivity index (χ3v) is 4.97. The molecular weight excluding hydrogens is 296 g/mol. The lowest BCUT2D eigenvalue weighted by molar-refractivity contribution is 0.143. The molecule has 0 bridgehead atoms. The molecule has 0 aromatic heterocycles. The third kappa shape index (κ3) is 3.25. The van der Waals surface area contributed by atoms with Gasteiger partial charge in [-0.15, -0.1) is 0 Å². The molecule has 0 aliphatic carbocycles. The fraction of sp³-hybridized carbons (Fsp3) is 0.333. The van der Waals surface area contributed by atoms with Gasteiger partial charge in [-0.25, -0.2) is 0 Å². The number of hydrogen-bond donors (Lipinski definition) is 0. The van der Waals surface area contributed by atoms with Crippen LogP contribution in [0.15, 0.2) is 66.0 Å². The number of nitrogens with zero attached hydrogens (tertiary/aromatic N) is 2. The third-order valence-electron chi connectivity index (χ3n) is 4.97. The molecule has 24 heavy (non-hydrogen) atoms. The van der Waals surface area contributed by atoms with Gasteiger partial charge in [0.05, 0.1) is 13.3 Å². The second kappa shape index (κ2) is 7.00. The van der Waals surface area contributed by atoms with Crippen LogP contribution >= 0.6 is 0 Å². The zero-order valence-electron chi connectivity index (χ0n) is 15.0. The van der Waals surface area contributed by atoms with Crippen molar-refractivity contribution in [2.24, 2.45) is 0 Å². The molecule has 3 nitrogen and oxygen atoms in total. The van der Waals surface area contributed by atoms with E-state index in [0.717, 1.165) is 18.8 Å². The lowest BCUT2D eigenvalue weighted by Crippen LogP contribution is -2.37. The first-order valence-electron chi connectivity index (χ1n) is 8.47. The van der Waals surface area contributed by atoms with Crippen LogP contribution in [0.25, 0.3) is 0 Å². The Kier molecular flexibility index (Phi) is 4.79. The van der Waals surface area contributed by atoms with Gasteiger partial charge >= 0.3 is 0 Å². The first-order chi connectivity index (χ1) is 11.6. The van der Waals surface area contributed by atoms with Gasteiger partial charge in [0, 0.05) is 24.5 Å². The van der Waals surface area contributed by atoms with Crippen LogP contribution in [-0.2, 0) is 13.1 Å². The minimum Gasteiger partial charge on any atom is -0.497 e. The minimum absolute atomic E-state index is 0.344. The molecule has 2 aromatic carbocycles. The van der Waals surface area contributed by atoms with Gasteiger partial charge in [0.2, 0.25) is 0 Å². The summed E-state index contributed by atoms with van der Waals surface area (Å²) < 4.78 is 5.35.